The van der Waals surface area contributed by atoms with Crippen LogP contribution >= 0.6 is 0 Å². The van der Waals surface area contributed by atoms with Crippen LogP contribution in [0.15, 0.2) is 6.20 Å². The van der Waals surface area contributed by atoms with E-state index in [1.807, 2.05) is 33.9 Å². The molecule has 4 heteroatoms. The van der Waals surface area contributed by atoms with E-state index < -0.39 is 6.10 Å². The molecular weight excluding hydrogens is 190 g/mol. The molecule has 0 fully saturated rings. The normalized spacial score (nSPS) is 13.6. The first-order valence-electron chi connectivity index (χ1n) is 4.95. The summed E-state index contributed by atoms with van der Waals surface area (Å²) in [7, 11) is 1.82. The Hall–Kier alpha value is -1.34. The Bertz CT molecular complexity index is 382. The summed E-state index contributed by atoms with van der Waals surface area (Å²) in [5, 5.41) is 22.7. The average molecular weight is 207 g/mol. The van der Waals surface area contributed by atoms with Crippen molar-refractivity contribution in [1.82, 2.24) is 9.78 Å². The Morgan fingerprint density at radius 2 is 2.20 bits per heavy atom. The van der Waals surface area contributed by atoms with Crippen molar-refractivity contribution in [3.8, 4) is 6.07 Å². The van der Waals surface area contributed by atoms with Crippen LogP contribution < -0.4 is 0 Å². The van der Waals surface area contributed by atoms with Gasteiger partial charge in [-0.1, -0.05) is 20.8 Å². The first-order valence-corrected chi connectivity index (χ1v) is 4.95. The van der Waals surface area contributed by atoms with E-state index in [1.165, 1.54) is 0 Å². The van der Waals surface area contributed by atoms with Crippen LogP contribution in [-0.2, 0) is 12.5 Å². The summed E-state index contributed by atoms with van der Waals surface area (Å²) in [5.41, 5.74) is 1.49. The number of hydrogen-bond donors (Lipinski definition) is 1. The molecule has 0 spiro atoms. The van der Waals surface area contributed by atoms with Gasteiger partial charge in [0.25, 0.3) is 0 Å². The lowest BCUT2D eigenvalue weighted by molar-refractivity contribution is 0.181. The highest BCUT2D eigenvalue weighted by molar-refractivity contribution is 5.26. The van der Waals surface area contributed by atoms with Crippen molar-refractivity contribution in [2.24, 2.45) is 7.05 Å². The van der Waals surface area contributed by atoms with Gasteiger partial charge in [0.1, 0.15) is 0 Å². The summed E-state index contributed by atoms with van der Waals surface area (Å²) in [4.78, 5) is 0. The van der Waals surface area contributed by atoms with Crippen LogP contribution in [0.4, 0.5) is 0 Å². The molecule has 0 amide bonds. The summed E-state index contributed by atoms with van der Waals surface area (Å²) in [6.07, 6.45) is 1.15. The lowest BCUT2D eigenvalue weighted by Crippen LogP contribution is -2.16. The molecule has 1 aromatic heterocycles. The van der Waals surface area contributed by atoms with E-state index in [-0.39, 0.29) is 11.8 Å². The standard InChI is InChI=1S/C11H17N3O/c1-11(2,3)10-8(7-14(4)13-10)9(15)5-6-12/h7,9,15H,5H2,1-4H3. The van der Waals surface area contributed by atoms with E-state index in [1.54, 1.807) is 10.9 Å². The molecule has 1 rings (SSSR count). The van der Waals surface area contributed by atoms with E-state index >= 15 is 0 Å². The Balaban J connectivity index is 3.13. The third-order valence-electron chi connectivity index (χ3n) is 2.21. The van der Waals surface area contributed by atoms with Gasteiger partial charge in [-0.15, -0.1) is 0 Å². The molecule has 1 atom stereocenters. The van der Waals surface area contributed by atoms with Crippen LogP contribution in [0.5, 0.6) is 0 Å². The van der Waals surface area contributed by atoms with Crippen LogP contribution in [0.1, 0.15) is 44.6 Å². The van der Waals surface area contributed by atoms with E-state index in [0.29, 0.717) is 0 Å². The van der Waals surface area contributed by atoms with Crippen LogP contribution in [0.2, 0.25) is 0 Å². The van der Waals surface area contributed by atoms with Gasteiger partial charge in [-0.2, -0.15) is 10.4 Å². The van der Waals surface area contributed by atoms with Crippen molar-refractivity contribution < 1.29 is 5.11 Å². The Labute approximate surface area is 90.1 Å². The molecular formula is C11H17N3O. The van der Waals surface area contributed by atoms with Gasteiger partial charge in [0.05, 0.1) is 24.3 Å². The fourth-order valence-corrected chi connectivity index (χ4v) is 1.53. The van der Waals surface area contributed by atoms with Gasteiger partial charge >= 0.3 is 0 Å². The maximum Gasteiger partial charge on any atom is 0.0953 e. The van der Waals surface area contributed by atoms with Crippen molar-refractivity contribution in [3.63, 3.8) is 0 Å². The predicted molar refractivity (Wildman–Crippen MR) is 57.1 cm³/mol. The second-order valence-electron chi connectivity index (χ2n) is 4.73. The van der Waals surface area contributed by atoms with E-state index in [0.717, 1.165) is 11.3 Å². The summed E-state index contributed by atoms with van der Waals surface area (Å²) in [6, 6.07) is 1.97. The van der Waals surface area contributed by atoms with Crippen molar-refractivity contribution >= 4 is 0 Å². The molecule has 0 aliphatic carbocycles. The molecule has 0 saturated carbocycles. The first-order chi connectivity index (χ1) is 6.86. The second-order valence-corrected chi connectivity index (χ2v) is 4.73. The maximum absolute atomic E-state index is 9.80. The third-order valence-corrected chi connectivity index (χ3v) is 2.21. The number of aliphatic hydroxyl groups is 1. The van der Waals surface area contributed by atoms with Gasteiger partial charge in [-0.05, 0) is 0 Å². The quantitative estimate of drug-likeness (QED) is 0.802. The predicted octanol–water partition coefficient (Wildman–Crippen LogP) is 1.66. The Morgan fingerprint density at radius 3 is 2.67 bits per heavy atom. The van der Waals surface area contributed by atoms with E-state index in [9.17, 15) is 5.11 Å². The molecule has 0 radical (unpaired) electrons. The number of nitriles is 1. The topological polar surface area (TPSA) is 61.8 Å². The van der Waals surface area contributed by atoms with Gasteiger partial charge in [-0.3, -0.25) is 4.68 Å². The molecule has 15 heavy (non-hydrogen) atoms. The maximum atomic E-state index is 9.80. The molecule has 0 aromatic carbocycles. The van der Waals surface area contributed by atoms with Gasteiger partial charge in [0.15, 0.2) is 0 Å². The SMILES string of the molecule is Cn1cc(C(O)CC#N)c(C(C)(C)C)n1. The molecule has 0 saturated heterocycles. The Morgan fingerprint density at radius 1 is 1.60 bits per heavy atom. The van der Waals surface area contributed by atoms with Gasteiger partial charge in [-0.25, -0.2) is 0 Å². The molecule has 0 aliphatic heterocycles. The third kappa shape index (κ3) is 2.57. The van der Waals surface area contributed by atoms with Gasteiger partial charge < -0.3 is 5.11 Å². The zero-order valence-electron chi connectivity index (χ0n) is 9.65. The highest BCUT2D eigenvalue weighted by Crippen LogP contribution is 2.29. The summed E-state index contributed by atoms with van der Waals surface area (Å²) < 4.78 is 1.68. The molecule has 4 nitrogen and oxygen atoms in total. The lowest BCUT2D eigenvalue weighted by Gasteiger charge is -2.18. The minimum Gasteiger partial charge on any atom is -0.387 e. The number of nitrogens with zero attached hydrogens (tertiary/aromatic N) is 3. The smallest absolute Gasteiger partial charge is 0.0953 e. The molecule has 82 valence electrons. The van der Waals surface area contributed by atoms with Crippen molar-refractivity contribution in [2.75, 3.05) is 0 Å². The highest BCUT2D eigenvalue weighted by atomic mass is 16.3. The fraction of sp³-hybridized carbons (Fsp3) is 0.636. The van der Waals surface area contributed by atoms with Crippen molar-refractivity contribution in [1.29, 1.82) is 5.26 Å². The van der Waals surface area contributed by atoms with Crippen molar-refractivity contribution in [3.05, 3.63) is 17.5 Å². The van der Waals surface area contributed by atoms with E-state index in [2.05, 4.69) is 5.10 Å². The number of hydrogen-bond acceptors (Lipinski definition) is 3. The molecule has 1 unspecified atom stereocenters. The number of rotatable bonds is 2. The Kier molecular flexibility index (Phi) is 3.15. The summed E-state index contributed by atoms with van der Waals surface area (Å²) in [6.45, 7) is 6.12. The lowest BCUT2D eigenvalue weighted by atomic mass is 9.88. The van der Waals surface area contributed by atoms with Crippen LogP contribution in [-0.4, -0.2) is 14.9 Å². The molecule has 1 heterocycles. The molecule has 1 aromatic rings. The molecule has 0 aliphatic rings. The van der Waals surface area contributed by atoms with Crippen LogP contribution in [0.3, 0.4) is 0 Å². The minimum atomic E-state index is -0.738. The van der Waals surface area contributed by atoms with Gasteiger partial charge in [0, 0.05) is 24.2 Å². The first kappa shape index (κ1) is 11.7. The largest absolute Gasteiger partial charge is 0.387 e. The minimum absolute atomic E-state index is 0.106. The summed E-state index contributed by atoms with van der Waals surface area (Å²) >= 11 is 0. The highest BCUT2D eigenvalue weighted by Gasteiger charge is 2.25. The molecule has 1 N–H and O–H groups in total. The number of aromatic nitrogens is 2. The summed E-state index contributed by atoms with van der Waals surface area (Å²) in [5.74, 6) is 0. The molecule has 0 bridgehead atoms. The van der Waals surface area contributed by atoms with Crippen LogP contribution in [0.25, 0.3) is 0 Å². The zero-order chi connectivity index (χ0) is 11.6. The number of aliphatic hydroxyl groups excluding tert-OH is 1. The monoisotopic (exact) mass is 207 g/mol. The van der Waals surface area contributed by atoms with Crippen LogP contribution in [0, 0.1) is 11.3 Å². The number of aryl methyl sites for hydroxylation is 1. The van der Waals surface area contributed by atoms with Gasteiger partial charge in [0.2, 0.25) is 0 Å². The zero-order valence-corrected chi connectivity index (χ0v) is 9.65. The second kappa shape index (κ2) is 4.03. The average Bonchev–Trinajstić information content (AvgIpc) is 2.47. The fourth-order valence-electron chi connectivity index (χ4n) is 1.53. The van der Waals surface area contributed by atoms with E-state index in [4.69, 9.17) is 5.26 Å². The van der Waals surface area contributed by atoms with Crippen molar-refractivity contribution in [2.45, 2.75) is 38.7 Å².